The highest BCUT2D eigenvalue weighted by Crippen LogP contribution is 2.37. The fourth-order valence-electron chi connectivity index (χ4n) is 3.14. The predicted octanol–water partition coefficient (Wildman–Crippen LogP) is 5.17. The van der Waals surface area contributed by atoms with E-state index < -0.39 is 22.5 Å². The summed E-state index contributed by atoms with van der Waals surface area (Å²) in [6.45, 7) is 0.574. The van der Waals surface area contributed by atoms with Gasteiger partial charge < -0.3 is 9.47 Å². The molecule has 0 fully saturated rings. The van der Waals surface area contributed by atoms with Crippen molar-refractivity contribution in [3.63, 3.8) is 0 Å². The van der Waals surface area contributed by atoms with Gasteiger partial charge in [-0.3, -0.25) is 4.57 Å². The highest BCUT2D eigenvalue weighted by atomic mass is 35.5. The summed E-state index contributed by atoms with van der Waals surface area (Å²) >= 11 is 5.63. The fourth-order valence-corrected chi connectivity index (χ4v) is 3.37. The van der Waals surface area contributed by atoms with Gasteiger partial charge in [0.2, 0.25) is 5.88 Å². The molecule has 2 heterocycles. The third kappa shape index (κ3) is 6.57. The third-order valence-corrected chi connectivity index (χ3v) is 5.19. The number of alkyl halides is 3. The first kappa shape index (κ1) is 24.2. The molecule has 4 aromatic rings. The van der Waals surface area contributed by atoms with Crippen LogP contribution in [0.4, 0.5) is 13.2 Å². The summed E-state index contributed by atoms with van der Waals surface area (Å²) in [5.41, 5.74) is 0.265. The van der Waals surface area contributed by atoms with Crippen molar-refractivity contribution in [1.29, 1.82) is 0 Å². The van der Waals surface area contributed by atoms with Gasteiger partial charge in [0, 0.05) is 36.6 Å². The number of hydrogen-bond acceptors (Lipinski definition) is 6. The molecular formula is C24H18ClF3N4O3. The summed E-state index contributed by atoms with van der Waals surface area (Å²) in [4.78, 5) is 24.0. The lowest BCUT2D eigenvalue weighted by atomic mass is 10.1. The van der Waals surface area contributed by atoms with Crippen molar-refractivity contribution < 1.29 is 22.6 Å². The second-order valence-electron chi connectivity index (χ2n) is 7.41. The van der Waals surface area contributed by atoms with Crippen LogP contribution in [0.15, 0.2) is 78.2 Å². The Morgan fingerprint density at radius 2 is 1.66 bits per heavy atom. The Hall–Kier alpha value is -3.92. The van der Waals surface area contributed by atoms with Crippen LogP contribution >= 0.6 is 11.6 Å². The average Bonchev–Trinajstić information content (AvgIpc) is 2.83. The lowest BCUT2D eigenvalue weighted by Gasteiger charge is -2.12. The number of rotatable bonds is 8. The molecule has 0 saturated carbocycles. The van der Waals surface area contributed by atoms with E-state index in [0.29, 0.717) is 18.7 Å². The SMILES string of the molecule is O=c1nc(OCCc2ccc(Oc3ccc(Cl)c(C(F)(F)F)c3)cc2)ccn1Cc1cncnc1. The Morgan fingerprint density at radius 1 is 0.943 bits per heavy atom. The first-order valence-corrected chi connectivity index (χ1v) is 10.7. The van der Waals surface area contributed by atoms with Gasteiger partial charge in [-0.25, -0.2) is 14.8 Å². The van der Waals surface area contributed by atoms with Crippen LogP contribution in [-0.2, 0) is 19.1 Å². The predicted molar refractivity (Wildman–Crippen MR) is 122 cm³/mol. The molecule has 4 rings (SSSR count). The van der Waals surface area contributed by atoms with Gasteiger partial charge in [0.05, 0.1) is 23.7 Å². The molecule has 0 aliphatic rings. The Labute approximate surface area is 202 Å². The summed E-state index contributed by atoms with van der Waals surface area (Å²) < 4.78 is 51.6. The summed E-state index contributed by atoms with van der Waals surface area (Å²) in [7, 11) is 0. The number of ether oxygens (including phenoxy) is 2. The van der Waals surface area contributed by atoms with Gasteiger partial charge in [0.25, 0.3) is 0 Å². The Balaban J connectivity index is 1.30. The normalized spacial score (nSPS) is 11.3. The Bertz CT molecular complexity index is 1350. The third-order valence-electron chi connectivity index (χ3n) is 4.86. The van der Waals surface area contributed by atoms with Gasteiger partial charge in [0.15, 0.2) is 0 Å². The first-order valence-electron chi connectivity index (χ1n) is 10.4. The van der Waals surface area contributed by atoms with Crippen molar-refractivity contribution in [3.05, 3.63) is 106 Å². The largest absolute Gasteiger partial charge is 0.477 e. The van der Waals surface area contributed by atoms with E-state index in [4.69, 9.17) is 21.1 Å². The zero-order valence-corrected chi connectivity index (χ0v) is 18.8. The van der Waals surface area contributed by atoms with Crippen LogP contribution in [0.1, 0.15) is 16.7 Å². The smallest absolute Gasteiger partial charge is 0.417 e. The fraction of sp³-hybridized carbons (Fsp3) is 0.167. The first-order chi connectivity index (χ1) is 16.8. The summed E-state index contributed by atoms with van der Waals surface area (Å²) in [6.07, 6.45) is 2.19. The molecule has 2 aromatic carbocycles. The van der Waals surface area contributed by atoms with E-state index in [1.165, 1.54) is 17.0 Å². The number of benzene rings is 2. The minimum Gasteiger partial charge on any atom is -0.477 e. The van der Waals surface area contributed by atoms with E-state index >= 15 is 0 Å². The molecule has 11 heteroatoms. The highest BCUT2D eigenvalue weighted by Gasteiger charge is 2.33. The van der Waals surface area contributed by atoms with Crippen LogP contribution < -0.4 is 15.2 Å². The van der Waals surface area contributed by atoms with Crippen LogP contribution in [0.3, 0.4) is 0 Å². The van der Waals surface area contributed by atoms with E-state index in [9.17, 15) is 18.0 Å². The van der Waals surface area contributed by atoms with Gasteiger partial charge in [-0.05, 0) is 35.9 Å². The standard InChI is InChI=1S/C24H18ClF3N4O3/c25-21-6-5-19(11-20(21)24(26,27)28)35-18-3-1-16(2-4-18)8-10-34-22-7-9-32(23(33)31-22)14-17-12-29-15-30-13-17/h1-7,9,11-13,15H,8,10,14H2. The average molecular weight is 503 g/mol. The second-order valence-corrected chi connectivity index (χ2v) is 7.81. The highest BCUT2D eigenvalue weighted by molar-refractivity contribution is 6.31. The van der Waals surface area contributed by atoms with Crippen LogP contribution in [0.25, 0.3) is 0 Å². The van der Waals surface area contributed by atoms with Gasteiger partial charge in [-0.15, -0.1) is 0 Å². The molecule has 0 atom stereocenters. The molecule has 7 nitrogen and oxygen atoms in total. The summed E-state index contributed by atoms with van der Waals surface area (Å²) in [6, 6.07) is 11.8. The Kier molecular flexibility index (Phi) is 7.31. The molecule has 180 valence electrons. The van der Waals surface area contributed by atoms with Crippen molar-refractivity contribution in [3.8, 4) is 17.4 Å². The molecule has 0 aliphatic heterocycles. The number of aromatic nitrogens is 4. The lowest BCUT2D eigenvalue weighted by Crippen LogP contribution is -2.23. The van der Waals surface area contributed by atoms with E-state index in [1.54, 1.807) is 48.9 Å². The van der Waals surface area contributed by atoms with Crippen molar-refractivity contribution in [2.75, 3.05) is 6.61 Å². The number of halogens is 4. The maximum absolute atomic E-state index is 13.0. The number of nitrogens with zero attached hydrogens (tertiary/aromatic N) is 4. The molecule has 35 heavy (non-hydrogen) atoms. The van der Waals surface area contributed by atoms with Crippen molar-refractivity contribution in [2.45, 2.75) is 19.1 Å². The van der Waals surface area contributed by atoms with Crippen LogP contribution in [0.2, 0.25) is 5.02 Å². The van der Waals surface area contributed by atoms with Gasteiger partial charge in [0.1, 0.15) is 17.8 Å². The van der Waals surface area contributed by atoms with E-state index in [-0.39, 0.29) is 18.2 Å². The lowest BCUT2D eigenvalue weighted by molar-refractivity contribution is -0.137. The summed E-state index contributed by atoms with van der Waals surface area (Å²) in [5.74, 6) is 0.608. The van der Waals surface area contributed by atoms with Crippen LogP contribution in [0.5, 0.6) is 17.4 Å². The van der Waals surface area contributed by atoms with Crippen LogP contribution in [-0.4, -0.2) is 26.1 Å². The minimum atomic E-state index is -4.57. The van der Waals surface area contributed by atoms with Crippen molar-refractivity contribution in [1.82, 2.24) is 19.5 Å². The second kappa shape index (κ2) is 10.6. The topological polar surface area (TPSA) is 79.1 Å². The molecule has 0 radical (unpaired) electrons. The van der Waals surface area contributed by atoms with Crippen molar-refractivity contribution >= 4 is 11.6 Å². The zero-order chi connectivity index (χ0) is 24.8. The van der Waals surface area contributed by atoms with E-state index in [2.05, 4.69) is 15.0 Å². The van der Waals surface area contributed by atoms with E-state index in [0.717, 1.165) is 23.3 Å². The number of hydrogen-bond donors (Lipinski definition) is 0. The molecular weight excluding hydrogens is 485 g/mol. The van der Waals surface area contributed by atoms with Gasteiger partial charge in [-0.1, -0.05) is 23.7 Å². The molecule has 0 N–H and O–H groups in total. The summed E-state index contributed by atoms with van der Waals surface area (Å²) in [5, 5.41) is -0.391. The monoisotopic (exact) mass is 502 g/mol. The maximum Gasteiger partial charge on any atom is 0.417 e. The molecule has 0 bridgehead atoms. The maximum atomic E-state index is 13.0. The molecule has 2 aromatic heterocycles. The van der Waals surface area contributed by atoms with Crippen LogP contribution in [0, 0.1) is 0 Å². The van der Waals surface area contributed by atoms with Gasteiger partial charge in [-0.2, -0.15) is 18.2 Å². The van der Waals surface area contributed by atoms with E-state index in [1.807, 2.05) is 0 Å². The van der Waals surface area contributed by atoms with Gasteiger partial charge >= 0.3 is 11.9 Å². The van der Waals surface area contributed by atoms with Crippen molar-refractivity contribution in [2.24, 2.45) is 0 Å². The minimum absolute atomic E-state index is 0.0263. The molecule has 0 saturated heterocycles. The Morgan fingerprint density at radius 3 is 2.34 bits per heavy atom. The molecule has 0 aliphatic carbocycles. The zero-order valence-electron chi connectivity index (χ0n) is 18.1. The molecule has 0 spiro atoms. The molecule has 0 unspecified atom stereocenters. The molecule has 0 amide bonds. The quantitative estimate of drug-likeness (QED) is 0.331.